The van der Waals surface area contributed by atoms with Crippen LogP contribution in [0, 0.1) is 6.92 Å². The lowest BCUT2D eigenvalue weighted by Gasteiger charge is -2.30. The number of aryl methyl sites for hydroxylation is 1. The van der Waals surface area contributed by atoms with E-state index in [1.807, 2.05) is 13.0 Å². The highest BCUT2D eigenvalue weighted by atomic mass is 15.2. The molecule has 3 N–H and O–H groups in total. The Hall–Kier alpha value is -1.13. The molecule has 0 saturated carbocycles. The van der Waals surface area contributed by atoms with Crippen molar-refractivity contribution in [3.8, 4) is 0 Å². The Balaban J connectivity index is 2.27. The molecule has 1 aromatic rings. The number of rotatable bonds is 2. The first-order valence-corrected chi connectivity index (χ1v) is 5.43. The quantitative estimate of drug-likeness (QED) is 0.729. The van der Waals surface area contributed by atoms with Crippen molar-refractivity contribution in [1.82, 2.24) is 10.3 Å². The van der Waals surface area contributed by atoms with Gasteiger partial charge in [0, 0.05) is 44.0 Å². The molecule has 1 saturated heterocycles. The van der Waals surface area contributed by atoms with E-state index in [0.717, 1.165) is 43.3 Å². The first-order chi connectivity index (χ1) is 7.31. The fraction of sp³-hybridized carbons (Fsp3) is 0.545. The third kappa shape index (κ3) is 2.27. The van der Waals surface area contributed by atoms with Gasteiger partial charge in [0.1, 0.15) is 5.82 Å². The van der Waals surface area contributed by atoms with Crippen LogP contribution in [-0.4, -0.2) is 31.2 Å². The minimum absolute atomic E-state index is 0.562. The van der Waals surface area contributed by atoms with E-state index in [9.17, 15) is 0 Å². The molecule has 0 bridgehead atoms. The van der Waals surface area contributed by atoms with Crippen molar-refractivity contribution in [2.75, 3.05) is 31.1 Å². The standard InChI is InChI=1S/C11H18N4/c1-9-2-3-10(8-12)11(14-9)15-6-4-13-5-7-15/h2-3,13H,4-8,12H2,1H3. The average molecular weight is 206 g/mol. The minimum atomic E-state index is 0.562. The van der Waals surface area contributed by atoms with Crippen molar-refractivity contribution >= 4 is 5.82 Å². The summed E-state index contributed by atoms with van der Waals surface area (Å²) in [7, 11) is 0. The maximum absolute atomic E-state index is 5.73. The van der Waals surface area contributed by atoms with Crippen LogP contribution in [0.2, 0.25) is 0 Å². The summed E-state index contributed by atoms with van der Waals surface area (Å²) in [5.74, 6) is 1.07. The van der Waals surface area contributed by atoms with Crippen LogP contribution in [0.4, 0.5) is 5.82 Å². The Labute approximate surface area is 90.5 Å². The third-order valence-corrected chi connectivity index (χ3v) is 2.73. The number of hydrogen-bond acceptors (Lipinski definition) is 4. The topological polar surface area (TPSA) is 54.2 Å². The highest BCUT2D eigenvalue weighted by Crippen LogP contribution is 2.18. The zero-order valence-corrected chi connectivity index (χ0v) is 9.16. The normalized spacial score (nSPS) is 16.8. The molecule has 0 spiro atoms. The van der Waals surface area contributed by atoms with Gasteiger partial charge in [-0.1, -0.05) is 6.07 Å². The molecule has 1 aromatic heterocycles. The molecule has 4 nitrogen and oxygen atoms in total. The van der Waals surface area contributed by atoms with Gasteiger partial charge in [-0.2, -0.15) is 0 Å². The van der Waals surface area contributed by atoms with Gasteiger partial charge >= 0.3 is 0 Å². The Bertz CT molecular complexity index is 331. The highest BCUT2D eigenvalue weighted by Gasteiger charge is 2.14. The van der Waals surface area contributed by atoms with Crippen LogP contribution in [0.3, 0.4) is 0 Å². The Kier molecular flexibility index (Phi) is 3.18. The van der Waals surface area contributed by atoms with E-state index >= 15 is 0 Å². The molecule has 1 fully saturated rings. The van der Waals surface area contributed by atoms with Gasteiger partial charge in [0.05, 0.1) is 0 Å². The van der Waals surface area contributed by atoms with Gasteiger partial charge in [0.15, 0.2) is 0 Å². The summed E-state index contributed by atoms with van der Waals surface area (Å²) in [6.45, 7) is 6.67. The molecule has 1 aliphatic heterocycles. The van der Waals surface area contributed by atoms with E-state index in [4.69, 9.17) is 5.73 Å². The van der Waals surface area contributed by atoms with E-state index in [1.54, 1.807) is 0 Å². The van der Waals surface area contributed by atoms with Crippen LogP contribution in [0.1, 0.15) is 11.3 Å². The van der Waals surface area contributed by atoms with Gasteiger partial charge in [-0.15, -0.1) is 0 Å². The lowest BCUT2D eigenvalue weighted by molar-refractivity contribution is 0.583. The van der Waals surface area contributed by atoms with Crippen LogP contribution in [0.5, 0.6) is 0 Å². The smallest absolute Gasteiger partial charge is 0.133 e. The second kappa shape index (κ2) is 4.59. The van der Waals surface area contributed by atoms with Gasteiger partial charge in [0.25, 0.3) is 0 Å². The summed E-state index contributed by atoms with van der Waals surface area (Å²) >= 11 is 0. The Morgan fingerprint density at radius 1 is 1.40 bits per heavy atom. The van der Waals surface area contributed by atoms with Crippen LogP contribution in [0.25, 0.3) is 0 Å². The van der Waals surface area contributed by atoms with Crippen molar-refractivity contribution in [2.45, 2.75) is 13.5 Å². The molecule has 0 aliphatic carbocycles. The number of hydrogen-bond donors (Lipinski definition) is 2. The number of nitrogens with one attached hydrogen (secondary N) is 1. The average Bonchev–Trinajstić information content (AvgIpc) is 2.30. The number of nitrogens with two attached hydrogens (primary N) is 1. The van der Waals surface area contributed by atoms with Gasteiger partial charge in [-0.05, 0) is 13.0 Å². The molecule has 82 valence electrons. The van der Waals surface area contributed by atoms with Crippen molar-refractivity contribution in [2.24, 2.45) is 5.73 Å². The fourth-order valence-corrected chi connectivity index (χ4v) is 1.88. The van der Waals surface area contributed by atoms with Crippen molar-refractivity contribution in [3.63, 3.8) is 0 Å². The van der Waals surface area contributed by atoms with Crippen LogP contribution >= 0.6 is 0 Å². The number of piperazine rings is 1. The Morgan fingerprint density at radius 3 is 2.80 bits per heavy atom. The van der Waals surface area contributed by atoms with E-state index in [-0.39, 0.29) is 0 Å². The maximum Gasteiger partial charge on any atom is 0.133 e. The van der Waals surface area contributed by atoms with Crippen molar-refractivity contribution in [3.05, 3.63) is 23.4 Å². The second-order valence-corrected chi connectivity index (χ2v) is 3.88. The molecule has 1 aliphatic rings. The summed E-state index contributed by atoms with van der Waals surface area (Å²) in [5, 5.41) is 3.34. The van der Waals surface area contributed by atoms with Gasteiger partial charge in [-0.25, -0.2) is 4.98 Å². The summed E-state index contributed by atoms with van der Waals surface area (Å²) in [6, 6.07) is 4.10. The van der Waals surface area contributed by atoms with Crippen LogP contribution in [-0.2, 0) is 6.54 Å². The van der Waals surface area contributed by atoms with Gasteiger partial charge < -0.3 is 16.0 Å². The van der Waals surface area contributed by atoms with Crippen LogP contribution < -0.4 is 16.0 Å². The first kappa shape index (κ1) is 10.4. The largest absolute Gasteiger partial charge is 0.354 e. The fourth-order valence-electron chi connectivity index (χ4n) is 1.88. The molecule has 2 rings (SSSR count). The number of aromatic nitrogens is 1. The SMILES string of the molecule is Cc1ccc(CN)c(N2CCNCC2)n1. The summed E-state index contributed by atoms with van der Waals surface area (Å²) in [5.41, 5.74) is 7.92. The molecule has 0 atom stereocenters. The molecule has 0 radical (unpaired) electrons. The number of pyridine rings is 1. The lowest BCUT2D eigenvalue weighted by Crippen LogP contribution is -2.44. The lowest BCUT2D eigenvalue weighted by atomic mass is 10.2. The monoisotopic (exact) mass is 206 g/mol. The van der Waals surface area contributed by atoms with Gasteiger partial charge in [0.2, 0.25) is 0 Å². The Morgan fingerprint density at radius 2 is 2.13 bits per heavy atom. The minimum Gasteiger partial charge on any atom is -0.354 e. The zero-order valence-electron chi connectivity index (χ0n) is 9.16. The molecule has 0 aromatic carbocycles. The molecule has 0 unspecified atom stereocenters. The predicted molar refractivity (Wildman–Crippen MR) is 61.9 cm³/mol. The number of nitrogens with zero attached hydrogens (tertiary/aromatic N) is 2. The third-order valence-electron chi connectivity index (χ3n) is 2.73. The highest BCUT2D eigenvalue weighted by molar-refractivity contribution is 5.48. The van der Waals surface area contributed by atoms with E-state index < -0.39 is 0 Å². The van der Waals surface area contributed by atoms with E-state index in [2.05, 4.69) is 21.3 Å². The molecule has 15 heavy (non-hydrogen) atoms. The summed E-state index contributed by atoms with van der Waals surface area (Å²) < 4.78 is 0. The molecular formula is C11H18N4. The summed E-state index contributed by atoms with van der Waals surface area (Å²) in [4.78, 5) is 6.90. The maximum atomic E-state index is 5.73. The second-order valence-electron chi connectivity index (χ2n) is 3.88. The molecule has 0 amide bonds. The van der Waals surface area contributed by atoms with E-state index in [0.29, 0.717) is 6.54 Å². The number of anilines is 1. The molecule has 2 heterocycles. The molecular weight excluding hydrogens is 188 g/mol. The summed E-state index contributed by atoms with van der Waals surface area (Å²) in [6.07, 6.45) is 0. The van der Waals surface area contributed by atoms with Crippen LogP contribution in [0.15, 0.2) is 12.1 Å². The first-order valence-electron chi connectivity index (χ1n) is 5.43. The predicted octanol–water partition coefficient (Wildman–Crippen LogP) is 0.258. The zero-order chi connectivity index (χ0) is 10.7. The molecule has 4 heteroatoms. The van der Waals surface area contributed by atoms with Gasteiger partial charge in [-0.3, -0.25) is 0 Å². The van der Waals surface area contributed by atoms with Crippen molar-refractivity contribution < 1.29 is 0 Å². The van der Waals surface area contributed by atoms with Crippen molar-refractivity contribution in [1.29, 1.82) is 0 Å². The van der Waals surface area contributed by atoms with E-state index in [1.165, 1.54) is 0 Å².